The third-order valence-corrected chi connectivity index (χ3v) is 2.01. The van der Waals surface area contributed by atoms with Gasteiger partial charge in [0.15, 0.2) is 5.76 Å². The number of H-pyrrole nitrogens is 1. The van der Waals surface area contributed by atoms with Crippen molar-refractivity contribution in [1.82, 2.24) is 15.5 Å². The number of rotatable bonds is 2. The average Bonchev–Trinajstić information content (AvgIpc) is 2.84. The van der Waals surface area contributed by atoms with Crippen LogP contribution in [0.25, 0.3) is 11.3 Å². The zero-order valence-electron chi connectivity index (χ0n) is 8.07. The van der Waals surface area contributed by atoms with Gasteiger partial charge in [0.25, 0.3) is 5.91 Å². The van der Waals surface area contributed by atoms with Crippen LogP contribution >= 0.6 is 0 Å². The molecular weight excluding hydrogens is 196 g/mol. The Morgan fingerprint density at radius 3 is 3.07 bits per heavy atom. The second-order valence-electron chi connectivity index (χ2n) is 2.99. The molecule has 2 rings (SSSR count). The van der Waals surface area contributed by atoms with E-state index in [1.807, 2.05) is 0 Å². The maximum atomic E-state index is 11.3. The number of carbonyl (C=O) groups is 1. The number of nitrogens with two attached hydrogens (primary N) is 1. The summed E-state index contributed by atoms with van der Waals surface area (Å²) >= 11 is 0. The lowest BCUT2D eigenvalue weighted by atomic mass is 10.2. The van der Waals surface area contributed by atoms with E-state index in [9.17, 15) is 4.79 Å². The molecule has 0 atom stereocenters. The van der Waals surface area contributed by atoms with Gasteiger partial charge in [-0.1, -0.05) is 5.16 Å². The van der Waals surface area contributed by atoms with Crippen LogP contribution in [0.3, 0.4) is 0 Å². The number of aromatic nitrogens is 2. The van der Waals surface area contributed by atoms with E-state index in [0.717, 1.165) is 0 Å². The first-order valence-corrected chi connectivity index (χ1v) is 4.33. The number of hydrogen-bond donors (Lipinski definition) is 3. The summed E-state index contributed by atoms with van der Waals surface area (Å²) in [6.07, 6.45) is 3.06. The highest BCUT2D eigenvalue weighted by Gasteiger charge is 2.12. The Hall–Kier alpha value is -2.24. The first-order chi connectivity index (χ1) is 7.22. The minimum atomic E-state index is -0.195. The van der Waals surface area contributed by atoms with Crippen molar-refractivity contribution in [2.75, 3.05) is 12.8 Å². The van der Waals surface area contributed by atoms with Crippen LogP contribution in [0.15, 0.2) is 23.0 Å². The summed E-state index contributed by atoms with van der Waals surface area (Å²) in [5.74, 6) is 0.265. The van der Waals surface area contributed by atoms with Crippen LogP contribution < -0.4 is 11.1 Å². The largest absolute Gasteiger partial charge is 0.394 e. The second kappa shape index (κ2) is 3.49. The molecule has 0 aliphatic rings. The van der Waals surface area contributed by atoms with E-state index in [0.29, 0.717) is 22.7 Å². The van der Waals surface area contributed by atoms with Gasteiger partial charge in [-0.3, -0.25) is 4.79 Å². The van der Waals surface area contributed by atoms with E-state index in [4.69, 9.17) is 10.3 Å². The van der Waals surface area contributed by atoms with Gasteiger partial charge in [-0.25, -0.2) is 0 Å². The van der Waals surface area contributed by atoms with Crippen LogP contribution in [0.1, 0.15) is 10.5 Å². The van der Waals surface area contributed by atoms with Crippen molar-refractivity contribution in [2.45, 2.75) is 0 Å². The molecule has 1 amide bonds. The fraction of sp³-hybridized carbons (Fsp3) is 0.111. The van der Waals surface area contributed by atoms with Crippen LogP contribution in [0.2, 0.25) is 0 Å². The highest BCUT2D eigenvalue weighted by molar-refractivity contribution is 5.93. The average molecular weight is 206 g/mol. The molecule has 6 heteroatoms. The van der Waals surface area contributed by atoms with E-state index >= 15 is 0 Å². The lowest BCUT2D eigenvalue weighted by molar-refractivity contribution is 0.0959. The summed E-state index contributed by atoms with van der Waals surface area (Å²) in [6, 6.07) is 1.65. The molecular formula is C9H10N4O2. The lowest BCUT2D eigenvalue weighted by Crippen LogP contribution is -2.17. The fourth-order valence-electron chi connectivity index (χ4n) is 1.26. The van der Waals surface area contributed by atoms with Gasteiger partial charge in [-0.05, 0) is 6.07 Å². The van der Waals surface area contributed by atoms with Gasteiger partial charge in [0, 0.05) is 18.8 Å². The van der Waals surface area contributed by atoms with Gasteiger partial charge in [0.1, 0.15) is 11.4 Å². The predicted octanol–water partition coefficient (Wildman–Crippen LogP) is 0.611. The van der Waals surface area contributed by atoms with Gasteiger partial charge in [0.05, 0.1) is 6.20 Å². The molecule has 6 nitrogen and oxygen atoms in total. The van der Waals surface area contributed by atoms with Gasteiger partial charge in [-0.15, -0.1) is 0 Å². The molecule has 2 aromatic rings. The molecule has 0 aromatic carbocycles. The zero-order chi connectivity index (χ0) is 10.8. The molecule has 0 saturated heterocycles. The van der Waals surface area contributed by atoms with Crippen molar-refractivity contribution in [3.8, 4) is 11.3 Å². The lowest BCUT2D eigenvalue weighted by Gasteiger charge is -1.92. The van der Waals surface area contributed by atoms with E-state index in [1.54, 1.807) is 19.3 Å². The van der Waals surface area contributed by atoms with E-state index < -0.39 is 0 Å². The van der Waals surface area contributed by atoms with Gasteiger partial charge >= 0.3 is 0 Å². The number of anilines is 1. The summed E-state index contributed by atoms with van der Waals surface area (Å²) in [5.41, 5.74) is 7.21. The van der Waals surface area contributed by atoms with Crippen molar-refractivity contribution in [2.24, 2.45) is 0 Å². The number of aromatic amines is 1. The van der Waals surface area contributed by atoms with Crippen molar-refractivity contribution in [3.05, 3.63) is 24.2 Å². The first-order valence-electron chi connectivity index (χ1n) is 4.33. The van der Waals surface area contributed by atoms with Crippen LogP contribution in [0.5, 0.6) is 0 Å². The van der Waals surface area contributed by atoms with Crippen molar-refractivity contribution >= 4 is 11.6 Å². The summed E-state index contributed by atoms with van der Waals surface area (Å²) < 4.78 is 4.95. The van der Waals surface area contributed by atoms with Crippen LogP contribution in [0.4, 0.5) is 5.69 Å². The molecule has 0 aliphatic carbocycles. The Balaban J connectivity index is 2.36. The van der Waals surface area contributed by atoms with Crippen molar-refractivity contribution in [3.63, 3.8) is 0 Å². The highest BCUT2D eigenvalue weighted by Crippen LogP contribution is 2.25. The molecule has 15 heavy (non-hydrogen) atoms. The SMILES string of the molecule is CNC(=O)c1cc(-c2oncc2N)c[nH]1. The number of amides is 1. The van der Waals surface area contributed by atoms with Gasteiger partial charge in [0.2, 0.25) is 0 Å². The van der Waals surface area contributed by atoms with Crippen LogP contribution in [0, 0.1) is 0 Å². The number of nitrogens with zero attached hydrogens (tertiary/aromatic N) is 1. The van der Waals surface area contributed by atoms with E-state index in [1.165, 1.54) is 6.20 Å². The Kier molecular flexibility index (Phi) is 2.17. The molecule has 2 heterocycles. The third-order valence-electron chi connectivity index (χ3n) is 2.01. The normalized spacial score (nSPS) is 10.2. The standard InChI is InChI=1S/C9H10N4O2/c1-11-9(14)7-2-5(3-12-7)8-6(10)4-13-15-8/h2-4,12H,10H2,1H3,(H,11,14). The molecule has 78 valence electrons. The van der Waals surface area contributed by atoms with Crippen LogP contribution in [-0.4, -0.2) is 23.1 Å². The van der Waals surface area contributed by atoms with Crippen molar-refractivity contribution in [1.29, 1.82) is 0 Å². The number of nitrogens with one attached hydrogen (secondary N) is 2. The zero-order valence-corrected chi connectivity index (χ0v) is 8.07. The highest BCUT2D eigenvalue weighted by atomic mass is 16.5. The first kappa shape index (κ1) is 9.32. The van der Waals surface area contributed by atoms with E-state index in [2.05, 4.69) is 15.5 Å². The Labute approximate surface area is 85.4 Å². The van der Waals surface area contributed by atoms with Crippen molar-refractivity contribution < 1.29 is 9.32 Å². The molecule has 0 fully saturated rings. The molecule has 0 radical (unpaired) electrons. The molecule has 0 aliphatic heterocycles. The predicted molar refractivity (Wildman–Crippen MR) is 54.1 cm³/mol. The smallest absolute Gasteiger partial charge is 0.267 e. The van der Waals surface area contributed by atoms with Gasteiger partial charge < -0.3 is 20.6 Å². The van der Waals surface area contributed by atoms with Gasteiger partial charge in [-0.2, -0.15) is 0 Å². The second-order valence-corrected chi connectivity index (χ2v) is 2.99. The molecule has 0 bridgehead atoms. The number of nitrogen functional groups attached to an aromatic ring is 1. The Morgan fingerprint density at radius 1 is 1.67 bits per heavy atom. The minimum Gasteiger partial charge on any atom is -0.394 e. The summed E-state index contributed by atoms with van der Waals surface area (Å²) in [5, 5.41) is 6.06. The summed E-state index contributed by atoms with van der Waals surface area (Å²) in [7, 11) is 1.56. The molecule has 2 aromatic heterocycles. The summed E-state index contributed by atoms with van der Waals surface area (Å²) in [6.45, 7) is 0. The van der Waals surface area contributed by atoms with Crippen LogP contribution in [-0.2, 0) is 0 Å². The Morgan fingerprint density at radius 2 is 2.47 bits per heavy atom. The monoisotopic (exact) mass is 206 g/mol. The van der Waals surface area contributed by atoms with E-state index in [-0.39, 0.29) is 5.91 Å². The quantitative estimate of drug-likeness (QED) is 0.670. The molecule has 0 spiro atoms. The maximum Gasteiger partial charge on any atom is 0.267 e. The number of hydrogen-bond acceptors (Lipinski definition) is 4. The Bertz CT molecular complexity index is 486. The molecule has 0 unspecified atom stereocenters. The summed E-state index contributed by atoms with van der Waals surface area (Å²) in [4.78, 5) is 14.1. The fourth-order valence-corrected chi connectivity index (χ4v) is 1.26. The third kappa shape index (κ3) is 1.56. The molecule has 4 N–H and O–H groups in total. The molecule has 0 saturated carbocycles. The topological polar surface area (TPSA) is 96.9 Å². The number of carbonyl (C=O) groups excluding carboxylic acids is 1. The maximum absolute atomic E-state index is 11.3. The minimum absolute atomic E-state index is 0.195.